The molecule has 148 valence electrons. The second-order valence-corrected chi connectivity index (χ2v) is 8.04. The molecule has 3 aromatic heterocycles. The SMILES string of the molecule is CCn1c(=O)n(CC2CCN(c3cc(C)nc(SC)n3)CC2)c2ncccc21. The Kier molecular flexibility index (Phi) is 5.39. The van der Waals surface area contributed by atoms with E-state index in [1.807, 2.05) is 41.4 Å². The van der Waals surface area contributed by atoms with Crippen molar-refractivity contribution in [2.24, 2.45) is 5.92 Å². The predicted molar refractivity (Wildman–Crippen MR) is 113 cm³/mol. The number of aromatic nitrogens is 5. The third-order valence-corrected chi connectivity index (χ3v) is 6.02. The number of imidazole rings is 1. The number of fused-ring (bicyclic) bond motifs is 1. The van der Waals surface area contributed by atoms with Gasteiger partial charge in [0.15, 0.2) is 10.8 Å². The Hall–Kier alpha value is -2.35. The van der Waals surface area contributed by atoms with Gasteiger partial charge in [0, 0.05) is 44.1 Å². The van der Waals surface area contributed by atoms with Gasteiger partial charge in [0.25, 0.3) is 0 Å². The highest BCUT2D eigenvalue weighted by Crippen LogP contribution is 2.25. The van der Waals surface area contributed by atoms with Gasteiger partial charge in [-0.1, -0.05) is 11.8 Å². The lowest BCUT2D eigenvalue weighted by atomic mass is 9.96. The zero-order valence-electron chi connectivity index (χ0n) is 16.6. The number of anilines is 1. The fourth-order valence-electron chi connectivity index (χ4n) is 4.00. The Morgan fingerprint density at radius 2 is 2.00 bits per heavy atom. The van der Waals surface area contributed by atoms with Crippen LogP contribution in [0.2, 0.25) is 0 Å². The summed E-state index contributed by atoms with van der Waals surface area (Å²) in [5, 5.41) is 0.821. The minimum Gasteiger partial charge on any atom is -0.356 e. The fraction of sp³-hybridized carbons (Fsp3) is 0.500. The molecule has 0 amide bonds. The van der Waals surface area contributed by atoms with Crippen molar-refractivity contribution in [3.63, 3.8) is 0 Å². The molecule has 1 saturated heterocycles. The lowest BCUT2D eigenvalue weighted by Gasteiger charge is -2.33. The zero-order chi connectivity index (χ0) is 19.7. The first-order chi connectivity index (χ1) is 13.6. The summed E-state index contributed by atoms with van der Waals surface area (Å²) < 4.78 is 3.67. The molecule has 28 heavy (non-hydrogen) atoms. The predicted octanol–water partition coefficient (Wildman–Crippen LogP) is 2.95. The molecule has 0 radical (unpaired) electrons. The zero-order valence-corrected chi connectivity index (χ0v) is 17.4. The molecule has 4 heterocycles. The van der Waals surface area contributed by atoms with Crippen LogP contribution in [0.3, 0.4) is 0 Å². The van der Waals surface area contributed by atoms with E-state index in [0.29, 0.717) is 12.5 Å². The third kappa shape index (κ3) is 3.53. The molecule has 0 aliphatic carbocycles. The first kappa shape index (κ1) is 19.0. The highest BCUT2D eigenvalue weighted by Gasteiger charge is 2.23. The van der Waals surface area contributed by atoms with E-state index in [0.717, 1.165) is 60.3 Å². The maximum Gasteiger partial charge on any atom is 0.330 e. The maximum absolute atomic E-state index is 12.8. The fourth-order valence-corrected chi connectivity index (χ4v) is 4.42. The molecule has 0 bridgehead atoms. The molecule has 0 N–H and O–H groups in total. The van der Waals surface area contributed by atoms with Crippen molar-refractivity contribution in [1.29, 1.82) is 0 Å². The molecule has 3 aromatic rings. The van der Waals surface area contributed by atoms with Crippen LogP contribution in [0.15, 0.2) is 34.3 Å². The van der Waals surface area contributed by atoms with E-state index in [1.165, 1.54) is 0 Å². The number of hydrogen-bond acceptors (Lipinski definition) is 6. The van der Waals surface area contributed by atoms with Gasteiger partial charge in [-0.25, -0.2) is 19.7 Å². The number of thioether (sulfide) groups is 1. The van der Waals surface area contributed by atoms with Gasteiger partial charge in [-0.05, 0) is 51.0 Å². The summed E-state index contributed by atoms with van der Waals surface area (Å²) in [6, 6.07) is 5.93. The first-order valence-corrected chi connectivity index (χ1v) is 11.0. The monoisotopic (exact) mass is 398 g/mol. The highest BCUT2D eigenvalue weighted by atomic mass is 32.2. The van der Waals surface area contributed by atoms with Crippen molar-refractivity contribution in [3.8, 4) is 0 Å². The van der Waals surface area contributed by atoms with Crippen molar-refractivity contribution in [2.45, 2.75) is 44.9 Å². The van der Waals surface area contributed by atoms with Gasteiger partial charge < -0.3 is 4.90 Å². The first-order valence-electron chi connectivity index (χ1n) is 9.79. The van der Waals surface area contributed by atoms with Crippen molar-refractivity contribution in [1.82, 2.24) is 24.1 Å². The van der Waals surface area contributed by atoms with Crippen LogP contribution < -0.4 is 10.6 Å². The molecule has 1 fully saturated rings. The molecule has 1 aliphatic rings. The van der Waals surface area contributed by atoms with Crippen molar-refractivity contribution >= 4 is 28.7 Å². The molecule has 4 rings (SSSR count). The molecule has 0 atom stereocenters. The van der Waals surface area contributed by atoms with Crippen LogP contribution >= 0.6 is 11.8 Å². The second-order valence-electron chi connectivity index (χ2n) is 7.27. The van der Waals surface area contributed by atoms with Crippen LogP contribution in [0.25, 0.3) is 11.2 Å². The highest BCUT2D eigenvalue weighted by molar-refractivity contribution is 7.98. The molecule has 8 heteroatoms. The normalized spacial score (nSPS) is 15.5. The molecule has 0 unspecified atom stereocenters. The van der Waals surface area contributed by atoms with Gasteiger partial charge in [-0.3, -0.25) is 9.13 Å². The van der Waals surface area contributed by atoms with Crippen LogP contribution in [0.4, 0.5) is 5.82 Å². The smallest absolute Gasteiger partial charge is 0.330 e. The lowest BCUT2D eigenvalue weighted by molar-refractivity contribution is 0.353. The van der Waals surface area contributed by atoms with E-state index in [9.17, 15) is 4.79 Å². The standard InChI is InChI=1S/C20H26N6OS/c1-4-25-16-6-5-9-21-18(16)26(20(25)27)13-15-7-10-24(11-8-15)17-12-14(2)22-19(23-17)28-3/h5-6,9,12,15H,4,7-8,10-11,13H2,1-3H3. The van der Waals surface area contributed by atoms with Gasteiger partial charge >= 0.3 is 5.69 Å². The Morgan fingerprint density at radius 3 is 2.71 bits per heavy atom. The van der Waals surface area contributed by atoms with E-state index in [2.05, 4.69) is 25.9 Å². The summed E-state index contributed by atoms with van der Waals surface area (Å²) in [4.78, 5) is 28.8. The summed E-state index contributed by atoms with van der Waals surface area (Å²) in [6.45, 7) is 7.31. The number of hydrogen-bond donors (Lipinski definition) is 0. The lowest BCUT2D eigenvalue weighted by Crippen LogP contribution is -2.37. The molecule has 0 aromatic carbocycles. The van der Waals surface area contributed by atoms with Gasteiger partial charge in [0.2, 0.25) is 0 Å². The average molecular weight is 399 g/mol. The van der Waals surface area contributed by atoms with Gasteiger partial charge in [0.1, 0.15) is 5.82 Å². The molecular weight excluding hydrogens is 372 g/mol. The van der Waals surface area contributed by atoms with Gasteiger partial charge in [0.05, 0.1) is 5.52 Å². The largest absolute Gasteiger partial charge is 0.356 e. The second kappa shape index (κ2) is 7.95. The van der Waals surface area contributed by atoms with Crippen LogP contribution in [0.5, 0.6) is 0 Å². The van der Waals surface area contributed by atoms with Crippen LogP contribution in [-0.2, 0) is 13.1 Å². The van der Waals surface area contributed by atoms with E-state index in [-0.39, 0.29) is 5.69 Å². The topological polar surface area (TPSA) is 68.8 Å². The molecule has 1 aliphatic heterocycles. The summed E-state index contributed by atoms with van der Waals surface area (Å²) in [5.74, 6) is 1.48. The summed E-state index contributed by atoms with van der Waals surface area (Å²) in [7, 11) is 0. The number of aryl methyl sites for hydroxylation is 2. The van der Waals surface area contributed by atoms with Gasteiger partial charge in [-0.15, -0.1) is 0 Å². The molecule has 0 spiro atoms. The molecular formula is C20H26N6OS. The van der Waals surface area contributed by atoms with E-state index >= 15 is 0 Å². The van der Waals surface area contributed by atoms with Crippen molar-refractivity contribution < 1.29 is 0 Å². The number of nitrogens with zero attached hydrogens (tertiary/aromatic N) is 6. The third-order valence-electron chi connectivity index (χ3n) is 5.47. The van der Waals surface area contributed by atoms with E-state index < -0.39 is 0 Å². The minimum absolute atomic E-state index is 0.0506. The van der Waals surface area contributed by atoms with E-state index in [1.54, 1.807) is 18.0 Å². The Morgan fingerprint density at radius 1 is 1.21 bits per heavy atom. The summed E-state index contributed by atoms with van der Waals surface area (Å²) in [5.41, 5.74) is 2.78. The summed E-state index contributed by atoms with van der Waals surface area (Å²) in [6.07, 6.45) is 5.84. The number of rotatable bonds is 5. The van der Waals surface area contributed by atoms with Crippen LogP contribution in [-0.4, -0.2) is 43.4 Å². The Bertz CT molecular complexity index is 1030. The van der Waals surface area contributed by atoms with Gasteiger partial charge in [-0.2, -0.15) is 0 Å². The Balaban J connectivity index is 1.50. The van der Waals surface area contributed by atoms with E-state index in [4.69, 9.17) is 0 Å². The minimum atomic E-state index is 0.0506. The Labute approximate surface area is 168 Å². The number of piperidine rings is 1. The van der Waals surface area contributed by atoms with Crippen LogP contribution in [0.1, 0.15) is 25.5 Å². The quantitative estimate of drug-likeness (QED) is 0.486. The molecule has 7 nitrogen and oxygen atoms in total. The number of pyridine rings is 1. The van der Waals surface area contributed by atoms with Crippen molar-refractivity contribution in [3.05, 3.63) is 40.6 Å². The van der Waals surface area contributed by atoms with Crippen LogP contribution in [0, 0.1) is 12.8 Å². The summed E-state index contributed by atoms with van der Waals surface area (Å²) >= 11 is 1.57. The molecule has 0 saturated carbocycles. The van der Waals surface area contributed by atoms with Crippen molar-refractivity contribution in [2.75, 3.05) is 24.2 Å². The average Bonchev–Trinajstić information content (AvgIpc) is 2.99. The maximum atomic E-state index is 12.8.